The lowest BCUT2D eigenvalue weighted by Gasteiger charge is -2.34. The fourth-order valence-corrected chi connectivity index (χ4v) is 3.08. The Hall–Kier alpha value is -1.60. The van der Waals surface area contributed by atoms with Crippen LogP contribution in [0, 0.1) is 0 Å². The molecule has 0 amide bonds. The molecule has 6 nitrogen and oxygen atoms in total. The second-order valence-corrected chi connectivity index (χ2v) is 6.60. The van der Waals surface area contributed by atoms with E-state index in [1.807, 2.05) is 24.3 Å². The van der Waals surface area contributed by atoms with Crippen LogP contribution < -0.4 is 14.8 Å². The lowest BCUT2D eigenvalue weighted by atomic mass is 10.2. The molecule has 6 heteroatoms. The summed E-state index contributed by atoms with van der Waals surface area (Å²) in [7, 11) is 1.63. The topological polar surface area (TPSA) is 57.2 Å². The van der Waals surface area contributed by atoms with E-state index in [0.717, 1.165) is 51.4 Å². The molecule has 0 bridgehead atoms. The van der Waals surface area contributed by atoms with Crippen molar-refractivity contribution in [2.45, 2.75) is 19.6 Å². The highest BCUT2D eigenvalue weighted by molar-refractivity contribution is 5.43. The highest BCUT2D eigenvalue weighted by Gasteiger charge is 2.19. The van der Waals surface area contributed by atoms with Gasteiger partial charge in [-0.1, -0.05) is 19.1 Å². The molecule has 1 aliphatic heterocycles. The number of hydrogen-bond donors (Lipinski definition) is 2. The standard InChI is InChI=1S/C20H33N3O3/c1-4-8-21-14-17-6-7-19(20(13-17)25-3)26-16-18(24)15-23-11-9-22(5-2)10-12-23/h4,6-7,13,18,21,24H,1,5,8-12,14-16H2,2-3H3. The SMILES string of the molecule is C=CCNCc1ccc(OCC(O)CN2CCN(CC)CC2)c(OC)c1. The average Bonchev–Trinajstić information content (AvgIpc) is 2.67. The van der Waals surface area contributed by atoms with Crippen LogP contribution in [0.1, 0.15) is 12.5 Å². The van der Waals surface area contributed by atoms with Gasteiger partial charge in [0.25, 0.3) is 0 Å². The normalized spacial score (nSPS) is 17.0. The zero-order valence-corrected chi connectivity index (χ0v) is 16.1. The molecule has 1 unspecified atom stereocenters. The molecule has 26 heavy (non-hydrogen) atoms. The van der Waals surface area contributed by atoms with Crippen LogP contribution in [0.25, 0.3) is 0 Å². The van der Waals surface area contributed by atoms with E-state index in [1.165, 1.54) is 0 Å². The van der Waals surface area contributed by atoms with Crippen molar-refractivity contribution >= 4 is 0 Å². The molecule has 0 spiro atoms. The fraction of sp³-hybridized carbons (Fsp3) is 0.600. The van der Waals surface area contributed by atoms with E-state index in [2.05, 4.69) is 28.6 Å². The van der Waals surface area contributed by atoms with Gasteiger partial charge in [-0.3, -0.25) is 4.90 Å². The number of rotatable bonds is 11. The molecule has 146 valence electrons. The number of β-amino-alcohol motifs (C(OH)–C–C–N with tert-alkyl or cyclic N) is 1. The minimum Gasteiger partial charge on any atom is -0.493 e. The molecule has 2 N–H and O–H groups in total. The molecule has 2 rings (SSSR count). The minimum absolute atomic E-state index is 0.262. The van der Waals surface area contributed by atoms with Crippen molar-refractivity contribution in [3.63, 3.8) is 0 Å². The summed E-state index contributed by atoms with van der Waals surface area (Å²) < 4.78 is 11.2. The molecule has 0 aliphatic carbocycles. The van der Waals surface area contributed by atoms with Crippen LogP contribution in [-0.4, -0.2) is 80.5 Å². The number of piperazine rings is 1. The summed E-state index contributed by atoms with van der Waals surface area (Å²) in [6, 6.07) is 5.86. The zero-order chi connectivity index (χ0) is 18.8. The van der Waals surface area contributed by atoms with Gasteiger partial charge < -0.3 is 24.8 Å². The van der Waals surface area contributed by atoms with E-state index in [-0.39, 0.29) is 6.61 Å². The van der Waals surface area contributed by atoms with E-state index in [1.54, 1.807) is 7.11 Å². The Morgan fingerprint density at radius 2 is 1.96 bits per heavy atom. The lowest BCUT2D eigenvalue weighted by molar-refractivity contribution is 0.0464. The second kappa shape index (κ2) is 11.2. The third-order valence-corrected chi connectivity index (χ3v) is 4.66. The Morgan fingerprint density at radius 3 is 2.62 bits per heavy atom. The monoisotopic (exact) mass is 363 g/mol. The zero-order valence-electron chi connectivity index (χ0n) is 16.1. The molecule has 0 saturated carbocycles. The molecule has 1 aliphatic rings. The lowest BCUT2D eigenvalue weighted by Crippen LogP contribution is -2.49. The van der Waals surface area contributed by atoms with E-state index >= 15 is 0 Å². The predicted octanol–water partition coefficient (Wildman–Crippen LogP) is 1.35. The number of methoxy groups -OCH3 is 1. The minimum atomic E-state index is -0.512. The maximum Gasteiger partial charge on any atom is 0.161 e. The molecular weight excluding hydrogens is 330 g/mol. The highest BCUT2D eigenvalue weighted by Crippen LogP contribution is 2.28. The van der Waals surface area contributed by atoms with Crippen LogP contribution in [0.15, 0.2) is 30.9 Å². The quantitative estimate of drug-likeness (QED) is 0.457. The van der Waals surface area contributed by atoms with Gasteiger partial charge in [0.05, 0.1) is 7.11 Å². The first-order valence-electron chi connectivity index (χ1n) is 9.40. The van der Waals surface area contributed by atoms with Gasteiger partial charge in [0.1, 0.15) is 12.7 Å². The number of benzene rings is 1. The third kappa shape index (κ3) is 6.61. The van der Waals surface area contributed by atoms with Crippen molar-refractivity contribution in [2.24, 2.45) is 0 Å². The van der Waals surface area contributed by atoms with Gasteiger partial charge >= 0.3 is 0 Å². The Balaban J connectivity index is 1.79. The highest BCUT2D eigenvalue weighted by atomic mass is 16.5. The maximum atomic E-state index is 10.3. The average molecular weight is 364 g/mol. The van der Waals surface area contributed by atoms with Gasteiger partial charge in [0.15, 0.2) is 11.5 Å². The molecule has 0 aromatic heterocycles. The van der Waals surface area contributed by atoms with E-state index < -0.39 is 6.10 Å². The van der Waals surface area contributed by atoms with Crippen LogP contribution in [0.4, 0.5) is 0 Å². The van der Waals surface area contributed by atoms with Gasteiger partial charge in [-0.15, -0.1) is 6.58 Å². The molecule has 1 fully saturated rings. The van der Waals surface area contributed by atoms with Crippen molar-refractivity contribution in [3.8, 4) is 11.5 Å². The summed E-state index contributed by atoms with van der Waals surface area (Å²) >= 11 is 0. The van der Waals surface area contributed by atoms with E-state index in [9.17, 15) is 5.11 Å². The van der Waals surface area contributed by atoms with Gasteiger partial charge in [-0.2, -0.15) is 0 Å². The smallest absolute Gasteiger partial charge is 0.161 e. The van der Waals surface area contributed by atoms with Crippen molar-refractivity contribution < 1.29 is 14.6 Å². The van der Waals surface area contributed by atoms with Crippen molar-refractivity contribution in [1.29, 1.82) is 0 Å². The summed E-state index contributed by atoms with van der Waals surface area (Å²) in [6.07, 6.45) is 1.32. The van der Waals surface area contributed by atoms with Crippen molar-refractivity contribution in [3.05, 3.63) is 36.4 Å². The summed E-state index contributed by atoms with van der Waals surface area (Å²) in [4.78, 5) is 4.72. The van der Waals surface area contributed by atoms with E-state index in [4.69, 9.17) is 9.47 Å². The van der Waals surface area contributed by atoms with Gasteiger partial charge in [0.2, 0.25) is 0 Å². The molecule has 1 heterocycles. The first kappa shape index (κ1) is 20.7. The number of hydrogen-bond acceptors (Lipinski definition) is 6. The summed E-state index contributed by atoms with van der Waals surface area (Å²) in [6.45, 7) is 13.5. The molecule has 1 aromatic rings. The van der Waals surface area contributed by atoms with Gasteiger partial charge in [-0.05, 0) is 24.2 Å². The number of aliphatic hydroxyl groups is 1. The molecule has 1 saturated heterocycles. The Bertz CT molecular complexity index is 545. The van der Waals surface area contributed by atoms with Crippen LogP contribution >= 0.6 is 0 Å². The number of ether oxygens (including phenoxy) is 2. The van der Waals surface area contributed by atoms with Crippen molar-refractivity contribution in [2.75, 3.05) is 59.5 Å². The Kier molecular flexibility index (Phi) is 8.91. The molecule has 1 aromatic carbocycles. The van der Waals surface area contributed by atoms with Crippen LogP contribution in [0.3, 0.4) is 0 Å². The Labute approximate surface area is 157 Å². The summed E-state index contributed by atoms with van der Waals surface area (Å²) in [5.41, 5.74) is 1.12. The number of aliphatic hydroxyl groups excluding tert-OH is 1. The number of nitrogens with zero attached hydrogens (tertiary/aromatic N) is 2. The largest absolute Gasteiger partial charge is 0.493 e. The number of likely N-dealkylation sites (N-methyl/N-ethyl adjacent to an activating group) is 1. The first-order chi connectivity index (χ1) is 12.7. The maximum absolute atomic E-state index is 10.3. The molecule has 1 atom stereocenters. The van der Waals surface area contributed by atoms with Crippen molar-refractivity contribution in [1.82, 2.24) is 15.1 Å². The predicted molar refractivity (Wildman–Crippen MR) is 105 cm³/mol. The van der Waals surface area contributed by atoms with Gasteiger partial charge in [-0.25, -0.2) is 0 Å². The van der Waals surface area contributed by atoms with Crippen LogP contribution in [-0.2, 0) is 6.54 Å². The number of nitrogens with one attached hydrogen (secondary N) is 1. The molecular formula is C20H33N3O3. The molecule has 0 radical (unpaired) electrons. The van der Waals surface area contributed by atoms with Crippen LogP contribution in [0.2, 0.25) is 0 Å². The fourth-order valence-electron chi connectivity index (χ4n) is 3.08. The third-order valence-electron chi connectivity index (χ3n) is 4.66. The summed E-state index contributed by atoms with van der Waals surface area (Å²) in [5.74, 6) is 1.35. The van der Waals surface area contributed by atoms with E-state index in [0.29, 0.717) is 18.0 Å². The summed E-state index contributed by atoms with van der Waals surface area (Å²) in [5, 5.41) is 13.6. The Morgan fingerprint density at radius 1 is 1.23 bits per heavy atom. The van der Waals surface area contributed by atoms with Crippen LogP contribution in [0.5, 0.6) is 11.5 Å². The first-order valence-corrected chi connectivity index (χ1v) is 9.40. The van der Waals surface area contributed by atoms with Gasteiger partial charge in [0, 0.05) is 45.8 Å². The second-order valence-electron chi connectivity index (χ2n) is 6.60.